The Morgan fingerprint density at radius 2 is 1.49 bits per heavy atom. The second-order valence-corrected chi connectivity index (χ2v) is 12.8. The van der Waals surface area contributed by atoms with Crippen LogP contribution in [0.15, 0.2) is 77.7 Å². The fourth-order valence-corrected chi connectivity index (χ4v) is 5.96. The molecule has 3 aromatic rings. The van der Waals surface area contributed by atoms with Crippen molar-refractivity contribution in [1.29, 1.82) is 0 Å². The number of hydrogen-bond donors (Lipinski definition) is 1. The highest BCUT2D eigenvalue weighted by Gasteiger charge is 2.35. The molecule has 0 fully saturated rings. The van der Waals surface area contributed by atoms with Crippen LogP contribution in [0.25, 0.3) is 0 Å². The van der Waals surface area contributed by atoms with Gasteiger partial charge in [-0.2, -0.15) is 0 Å². The number of ether oxygens (including phenoxy) is 3. The lowest BCUT2D eigenvalue weighted by molar-refractivity contribution is -0.141. The van der Waals surface area contributed by atoms with Gasteiger partial charge < -0.3 is 24.4 Å². The van der Waals surface area contributed by atoms with Crippen LogP contribution in [0.1, 0.15) is 39.7 Å². The topological polar surface area (TPSA) is 114 Å². The first-order valence-electron chi connectivity index (χ1n) is 13.9. The van der Waals surface area contributed by atoms with Gasteiger partial charge >= 0.3 is 0 Å². The lowest BCUT2D eigenvalue weighted by atomic mass is 10.1. The molecule has 11 heteroatoms. The molecule has 232 valence electrons. The molecule has 43 heavy (non-hydrogen) atoms. The van der Waals surface area contributed by atoms with Crippen LogP contribution in [0.2, 0.25) is 0 Å². The van der Waals surface area contributed by atoms with E-state index in [1.54, 1.807) is 49.6 Å². The Morgan fingerprint density at radius 3 is 2.02 bits per heavy atom. The van der Waals surface area contributed by atoms with Gasteiger partial charge in [-0.1, -0.05) is 37.3 Å². The lowest BCUT2D eigenvalue weighted by Crippen LogP contribution is -2.55. The number of anilines is 1. The summed E-state index contributed by atoms with van der Waals surface area (Å²) in [6, 6.07) is 18.9. The number of rotatable bonds is 13. The molecule has 2 amide bonds. The van der Waals surface area contributed by atoms with E-state index in [0.29, 0.717) is 23.6 Å². The Hall–Kier alpha value is -4.25. The molecular weight excluding hydrogens is 570 g/mol. The van der Waals surface area contributed by atoms with Gasteiger partial charge in [0.2, 0.25) is 11.8 Å². The Labute approximate surface area is 254 Å². The number of hydrogen-bond acceptors (Lipinski definition) is 7. The third-order valence-corrected chi connectivity index (χ3v) is 8.43. The number of benzene rings is 3. The smallest absolute Gasteiger partial charge is 0.264 e. The maximum absolute atomic E-state index is 14.2. The van der Waals surface area contributed by atoms with Gasteiger partial charge in [0, 0.05) is 18.2 Å². The summed E-state index contributed by atoms with van der Waals surface area (Å²) in [7, 11) is 0.162. The molecule has 3 aromatic carbocycles. The van der Waals surface area contributed by atoms with Crippen molar-refractivity contribution in [3.8, 4) is 17.2 Å². The summed E-state index contributed by atoms with van der Waals surface area (Å²) in [6.07, 6.45) is 0.317. The fraction of sp³-hybridized carbons (Fsp3) is 0.375. The summed E-state index contributed by atoms with van der Waals surface area (Å²) in [6.45, 7) is 6.94. The van der Waals surface area contributed by atoms with Crippen molar-refractivity contribution in [3.63, 3.8) is 0 Å². The Bertz CT molecular complexity index is 1490. The third-order valence-electron chi connectivity index (χ3n) is 6.66. The van der Waals surface area contributed by atoms with Crippen LogP contribution in [-0.4, -0.2) is 64.6 Å². The van der Waals surface area contributed by atoms with Crippen LogP contribution < -0.4 is 23.8 Å². The molecule has 3 rings (SSSR count). The maximum atomic E-state index is 14.2. The number of methoxy groups -OCH3 is 3. The molecule has 0 aromatic heterocycles. The van der Waals surface area contributed by atoms with Crippen LogP contribution >= 0.6 is 0 Å². The number of sulfonamides is 1. The number of carbonyl (C=O) groups is 2. The molecule has 0 aliphatic rings. The molecule has 0 spiro atoms. The Kier molecular flexibility index (Phi) is 11.0. The summed E-state index contributed by atoms with van der Waals surface area (Å²) in [5.74, 6) is 0.375. The van der Waals surface area contributed by atoms with Gasteiger partial charge in [-0.05, 0) is 69.2 Å². The van der Waals surface area contributed by atoms with E-state index < -0.39 is 34.1 Å². The van der Waals surface area contributed by atoms with Crippen molar-refractivity contribution in [2.75, 3.05) is 32.2 Å². The summed E-state index contributed by atoms with van der Waals surface area (Å²) in [4.78, 5) is 29.0. The summed E-state index contributed by atoms with van der Waals surface area (Å²) in [5.41, 5.74) is 0.513. The highest BCUT2D eigenvalue weighted by atomic mass is 32.2. The van der Waals surface area contributed by atoms with Gasteiger partial charge in [-0.25, -0.2) is 8.42 Å². The monoisotopic (exact) mass is 611 g/mol. The normalized spacial score (nSPS) is 12.2. The zero-order chi connectivity index (χ0) is 31.8. The highest BCUT2D eigenvalue weighted by Crippen LogP contribution is 2.32. The van der Waals surface area contributed by atoms with Gasteiger partial charge in [-0.3, -0.25) is 13.9 Å². The molecule has 0 bridgehead atoms. The van der Waals surface area contributed by atoms with Gasteiger partial charge in [0.15, 0.2) is 11.5 Å². The molecule has 0 saturated heterocycles. The predicted molar refractivity (Wildman–Crippen MR) is 166 cm³/mol. The van der Waals surface area contributed by atoms with Gasteiger partial charge in [0.25, 0.3) is 10.0 Å². The zero-order valence-corrected chi connectivity index (χ0v) is 26.6. The van der Waals surface area contributed by atoms with Crippen molar-refractivity contribution in [3.05, 3.63) is 78.4 Å². The SMILES string of the molecule is CC[C@@H](C(=O)NC(C)(C)C)N(Cc1ccc(OC)cc1)C(=O)CN(c1ccccc1)S(=O)(=O)c1ccc(OC)c(OC)c1. The van der Waals surface area contributed by atoms with E-state index in [1.165, 1.54) is 37.3 Å². The first-order valence-corrected chi connectivity index (χ1v) is 15.3. The standard InChI is InChI=1S/C32H41N3O7S/c1-8-27(31(37)33-32(2,3)4)34(21-23-14-16-25(40-5)17-15-23)30(36)22-35(24-12-10-9-11-13-24)43(38,39)26-18-19-28(41-6)29(20-26)42-7/h9-20,27H,8,21-22H2,1-7H3,(H,33,37)/t27-/m0/s1. The van der Waals surface area contributed by atoms with Crippen LogP contribution in [-0.2, 0) is 26.2 Å². The van der Waals surface area contributed by atoms with Crippen LogP contribution in [0.4, 0.5) is 5.69 Å². The predicted octanol–water partition coefficient (Wildman–Crippen LogP) is 4.63. The fourth-order valence-electron chi connectivity index (χ4n) is 4.53. The molecule has 0 aliphatic heterocycles. The van der Waals surface area contributed by atoms with Crippen LogP contribution in [0.3, 0.4) is 0 Å². The minimum Gasteiger partial charge on any atom is -0.497 e. The minimum atomic E-state index is -4.27. The summed E-state index contributed by atoms with van der Waals surface area (Å²) >= 11 is 0. The molecule has 0 saturated carbocycles. The first kappa shape index (κ1) is 33.3. The molecule has 10 nitrogen and oxygen atoms in total. The highest BCUT2D eigenvalue weighted by molar-refractivity contribution is 7.92. The molecule has 0 heterocycles. The zero-order valence-electron chi connectivity index (χ0n) is 25.8. The molecule has 0 radical (unpaired) electrons. The van der Waals surface area contributed by atoms with Gasteiger partial charge in [0.05, 0.1) is 31.9 Å². The van der Waals surface area contributed by atoms with E-state index in [0.717, 1.165) is 9.87 Å². The number of amides is 2. The number of nitrogens with one attached hydrogen (secondary N) is 1. The van der Waals surface area contributed by atoms with Crippen molar-refractivity contribution in [2.45, 2.75) is 57.1 Å². The Balaban J connectivity index is 2.08. The van der Waals surface area contributed by atoms with Crippen molar-refractivity contribution < 1.29 is 32.2 Å². The van der Waals surface area contributed by atoms with Crippen LogP contribution in [0, 0.1) is 0 Å². The van der Waals surface area contributed by atoms with E-state index in [4.69, 9.17) is 14.2 Å². The quantitative estimate of drug-likeness (QED) is 0.300. The van der Waals surface area contributed by atoms with E-state index >= 15 is 0 Å². The number of carbonyl (C=O) groups excluding carboxylic acids is 2. The Morgan fingerprint density at radius 1 is 0.860 bits per heavy atom. The van der Waals surface area contributed by atoms with E-state index in [1.807, 2.05) is 39.8 Å². The molecule has 1 atom stereocenters. The third kappa shape index (κ3) is 8.41. The second kappa shape index (κ2) is 14.3. The average molecular weight is 612 g/mol. The van der Waals surface area contributed by atoms with Crippen LogP contribution in [0.5, 0.6) is 17.2 Å². The first-order chi connectivity index (χ1) is 20.3. The maximum Gasteiger partial charge on any atom is 0.264 e. The second-order valence-electron chi connectivity index (χ2n) is 10.9. The van der Waals surface area contributed by atoms with Gasteiger partial charge in [-0.15, -0.1) is 0 Å². The average Bonchev–Trinajstić information content (AvgIpc) is 2.98. The molecule has 0 aliphatic carbocycles. The number of para-hydroxylation sites is 1. The van der Waals surface area contributed by atoms with Crippen molar-refractivity contribution in [1.82, 2.24) is 10.2 Å². The summed E-state index contributed by atoms with van der Waals surface area (Å²) in [5, 5.41) is 2.96. The number of nitrogens with zero attached hydrogens (tertiary/aromatic N) is 2. The minimum absolute atomic E-state index is 0.0813. The molecular formula is C32H41N3O7S. The summed E-state index contributed by atoms with van der Waals surface area (Å²) < 4.78 is 45.1. The van der Waals surface area contributed by atoms with Gasteiger partial charge in [0.1, 0.15) is 18.3 Å². The van der Waals surface area contributed by atoms with E-state index in [2.05, 4.69) is 5.32 Å². The molecule has 0 unspecified atom stereocenters. The van der Waals surface area contributed by atoms with E-state index in [9.17, 15) is 18.0 Å². The van der Waals surface area contributed by atoms with Crippen molar-refractivity contribution >= 4 is 27.5 Å². The largest absolute Gasteiger partial charge is 0.497 e. The molecule has 1 N–H and O–H groups in total. The lowest BCUT2D eigenvalue weighted by Gasteiger charge is -2.34. The van der Waals surface area contributed by atoms with E-state index in [-0.39, 0.29) is 23.1 Å². The van der Waals surface area contributed by atoms with Crippen molar-refractivity contribution in [2.24, 2.45) is 0 Å².